The van der Waals surface area contributed by atoms with Crippen molar-refractivity contribution in [2.45, 2.75) is 13.3 Å². The summed E-state index contributed by atoms with van der Waals surface area (Å²) < 4.78 is 5.18. The van der Waals surface area contributed by atoms with Gasteiger partial charge in [-0.3, -0.25) is 4.79 Å². The molecule has 0 aliphatic rings. The second-order valence-electron chi connectivity index (χ2n) is 2.44. The molecule has 0 fully saturated rings. The number of thiophene rings is 1. The average Bonchev–Trinajstić information content (AvgIpc) is 2.35. The number of hydrogen-bond donors (Lipinski definition) is 1. The highest BCUT2D eigenvalue weighted by Crippen LogP contribution is 2.22. The molecule has 0 aliphatic heterocycles. The maximum Gasteiger partial charge on any atom is 0.306 e. The van der Waals surface area contributed by atoms with Gasteiger partial charge in [0.05, 0.1) is 13.0 Å². The Morgan fingerprint density at radius 2 is 2.50 bits per heavy atom. The third-order valence-corrected chi connectivity index (χ3v) is 2.22. The van der Waals surface area contributed by atoms with Gasteiger partial charge in [-0.2, -0.15) is 0 Å². The number of carbonyl (C=O) groups is 1. The third-order valence-electron chi connectivity index (χ3n) is 1.27. The van der Waals surface area contributed by atoms with Gasteiger partial charge >= 0.3 is 5.97 Å². The van der Waals surface area contributed by atoms with Gasteiger partial charge in [0.25, 0.3) is 0 Å². The smallest absolute Gasteiger partial charge is 0.306 e. The van der Waals surface area contributed by atoms with Crippen LogP contribution in [0.4, 0.5) is 0 Å². The zero-order valence-electron chi connectivity index (χ0n) is 6.74. The van der Waals surface area contributed by atoms with Gasteiger partial charge in [-0.1, -0.05) is 0 Å². The summed E-state index contributed by atoms with van der Waals surface area (Å²) in [7, 11) is 0. The predicted molar refractivity (Wildman–Crippen MR) is 46.8 cm³/mol. The summed E-state index contributed by atoms with van der Waals surface area (Å²) in [6.07, 6.45) is 0.0525. The lowest BCUT2D eigenvalue weighted by Crippen LogP contribution is -2.03. The van der Waals surface area contributed by atoms with Gasteiger partial charge in [0.2, 0.25) is 0 Å². The quantitative estimate of drug-likeness (QED) is 0.781. The van der Waals surface area contributed by atoms with E-state index < -0.39 is 5.97 Å². The van der Waals surface area contributed by atoms with Crippen LogP contribution in [0.2, 0.25) is 0 Å². The summed E-state index contributed by atoms with van der Waals surface area (Å²) in [5.74, 6) is -0.830. The molecular formula is C8H10O3S. The van der Waals surface area contributed by atoms with Crippen molar-refractivity contribution in [3.8, 4) is 5.06 Å². The number of carboxylic acid groups (broad SMARTS) is 1. The van der Waals surface area contributed by atoms with E-state index in [0.717, 1.165) is 10.6 Å². The molecule has 0 saturated heterocycles. The van der Waals surface area contributed by atoms with Gasteiger partial charge in [-0.05, 0) is 23.9 Å². The van der Waals surface area contributed by atoms with Gasteiger partial charge in [0.15, 0.2) is 5.06 Å². The number of aryl methyl sites for hydroxylation is 1. The molecule has 1 N–H and O–H groups in total. The summed E-state index contributed by atoms with van der Waals surface area (Å²) in [5.41, 5.74) is 1.14. The van der Waals surface area contributed by atoms with Crippen molar-refractivity contribution in [3.63, 3.8) is 0 Å². The van der Waals surface area contributed by atoms with Crippen molar-refractivity contribution in [2.75, 3.05) is 6.61 Å². The lowest BCUT2D eigenvalue weighted by Gasteiger charge is -1.98. The molecule has 12 heavy (non-hydrogen) atoms. The molecule has 0 aliphatic carbocycles. The van der Waals surface area contributed by atoms with Gasteiger partial charge < -0.3 is 9.84 Å². The first-order chi connectivity index (χ1) is 5.68. The first kappa shape index (κ1) is 9.06. The number of carboxylic acids is 1. The normalized spacial score (nSPS) is 9.75. The van der Waals surface area contributed by atoms with E-state index in [0.29, 0.717) is 0 Å². The minimum Gasteiger partial charge on any atom is -0.483 e. The Morgan fingerprint density at radius 1 is 1.75 bits per heavy atom. The van der Waals surface area contributed by atoms with Gasteiger partial charge in [-0.25, -0.2) is 0 Å². The average molecular weight is 186 g/mol. The van der Waals surface area contributed by atoms with E-state index in [4.69, 9.17) is 9.84 Å². The van der Waals surface area contributed by atoms with Gasteiger partial charge in [0.1, 0.15) is 0 Å². The van der Waals surface area contributed by atoms with E-state index in [-0.39, 0.29) is 13.0 Å². The van der Waals surface area contributed by atoms with Crippen LogP contribution in [0.3, 0.4) is 0 Å². The van der Waals surface area contributed by atoms with Crippen LogP contribution in [0.25, 0.3) is 0 Å². The number of aliphatic carboxylic acids is 1. The number of ether oxygens (including phenoxy) is 1. The van der Waals surface area contributed by atoms with Crippen molar-refractivity contribution in [3.05, 3.63) is 17.0 Å². The molecule has 0 spiro atoms. The fraction of sp³-hybridized carbons (Fsp3) is 0.375. The molecule has 1 rings (SSSR count). The molecule has 0 atom stereocenters. The van der Waals surface area contributed by atoms with Crippen LogP contribution in [0, 0.1) is 6.92 Å². The molecule has 0 aromatic carbocycles. The monoisotopic (exact) mass is 186 g/mol. The fourth-order valence-corrected chi connectivity index (χ4v) is 1.49. The molecule has 0 radical (unpaired) electrons. The minimum absolute atomic E-state index is 0.0525. The first-order valence-electron chi connectivity index (χ1n) is 3.58. The van der Waals surface area contributed by atoms with Crippen LogP contribution in [0.15, 0.2) is 11.4 Å². The molecule has 3 nitrogen and oxygen atoms in total. The standard InChI is InChI=1S/C8H10O3S/c1-6-4-8(12-5-6)11-3-2-7(9)10/h4-5H,2-3H2,1H3,(H,9,10). The zero-order valence-corrected chi connectivity index (χ0v) is 7.56. The molecule has 0 saturated carbocycles. The van der Waals surface area contributed by atoms with E-state index in [1.807, 2.05) is 18.4 Å². The van der Waals surface area contributed by atoms with Crippen molar-refractivity contribution in [1.29, 1.82) is 0 Å². The Kier molecular flexibility index (Phi) is 3.10. The van der Waals surface area contributed by atoms with Crippen LogP contribution in [-0.2, 0) is 4.79 Å². The van der Waals surface area contributed by atoms with E-state index in [1.54, 1.807) is 0 Å². The SMILES string of the molecule is Cc1csc(OCCC(=O)O)c1. The van der Waals surface area contributed by atoms with Crippen LogP contribution in [0.5, 0.6) is 5.06 Å². The van der Waals surface area contributed by atoms with Gasteiger partial charge in [-0.15, -0.1) is 11.3 Å². The van der Waals surface area contributed by atoms with E-state index in [2.05, 4.69) is 0 Å². The largest absolute Gasteiger partial charge is 0.483 e. The highest BCUT2D eigenvalue weighted by Gasteiger charge is 1.99. The predicted octanol–water partition coefficient (Wildman–Crippen LogP) is 1.91. The molecule has 0 amide bonds. The Balaban J connectivity index is 2.29. The second-order valence-corrected chi connectivity index (χ2v) is 3.31. The summed E-state index contributed by atoms with van der Waals surface area (Å²) in [4.78, 5) is 10.1. The molecular weight excluding hydrogens is 176 g/mol. The molecule has 1 aromatic rings. The molecule has 4 heteroatoms. The Morgan fingerprint density at radius 3 is 3.00 bits per heavy atom. The Hall–Kier alpha value is -1.03. The fourth-order valence-electron chi connectivity index (χ4n) is 0.720. The molecule has 0 bridgehead atoms. The molecule has 1 aromatic heterocycles. The summed E-state index contributed by atoms with van der Waals surface area (Å²) in [6, 6.07) is 1.90. The molecule has 66 valence electrons. The molecule has 0 unspecified atom stereocenters. The van der Waals surface area contributed by atoms with Crippen molar-refractivity contribution in [2.24, 2.45) is 0 Å². The number of hydrogen-bond acceptors (Lipinski definition) is 3. The first-order valence-corrected chi connectivity index (χ1v) is 4.46. The minimum atomic E-state index is -0.830. The summed E-state index contributed by atoms with van der Waals surface area (Å²) in [6.45, 7) is 2.22. The molecule has 1 heterocycles. The summed E-state index contributed by atoms with van der Waals surface area (Å²) >= 11 is 1.49. The number of rotatable bonds is 4. The highest BCUT2D eigenvalue weighted by molar-refractivity contribution is 7.12. The van der Waals surface area contributed by atoms with Crippen LogP contribution in [0.1, 0.15) is 12.0 Å². The van der Waals surface area contributed by atoms with E-state index in [1.165, 1.54) is 11.3 Å². The van der Waals surface area contributed by atoms with Crippen LogP contribution < -0.4 is 4.74 Å². The maximum absolute atomic E-state index is 10.1. The zero-order chi connectivity index (χ0) is 8.97. The highest BCUT2D eigenvalue weighted by atomic mass is 32.1. The topological polar surface area (TPSA) is 46.5 Å². The van der Waals surface area contributed by atoms with Crippen LogP contribution in [-0.4, -0.2) is 17.7 Å². The summed E-state index contributed by atoms with van der Waals surface area (Å²) in [5, 5.41) is 11.1. The van der Waals surface area contributed by atoms with Crippen LogP contribution >= 0.6 is 11.3 Å². The Bertz CT molecular complexity index is 267. The Labute approximate surface area is 74.6 Å². The van der Waals surface area contributed by atoms with Gasteiger partial charge in [0, 0.05) is 0 Å². The third kappa shape index (κ3) is 2.92. The lowest BCUT2D eigenvalue weighted by atomic mass is 10.4. The van der Waals surface area contributed by atoms with Crippen molar-refractivity contribution in [1.82, 2.24) is 0 Å². The van der Waals surface area contributed by atoms with Crippen molar-refractivity contribution < 1.29 is 14.6 Å². The van der Waals surface area contributed by atoms with E-state index >= 15 is 0 Å². The van der Waals surface area contributed by atoms with E-state index in [9.17, 15) is 4.79 Å². The van der Waals surface area contributed by atoms with Crippen molar-refractivity contribution >= 4 is 17.3 Å². The second kappa shape index (κ2) is 4.11. The lowest BCUT2D eigenvalue weighted by molar-refractivity contribution is -0.137. The maximum atomic E-state index is 10.1.